The Bertz CT molecular complexity index is 1140. The first kappa shape index (κ1) is 16.0. The molecule has 26 heavy (non-hydrogen) atoms. The van der Waals surface area contributed by atoms with Gasteiger partial charge in [0.05, 0.1) is 5.39 Å². The second kappa shape index (κ2) is 5.93. The first-order valence-corrected chi connectivity index (χ1v) is 9.83. The van der Waals surface area contributed by atoms with E-state index in [0.29, 0.717) is 12.4 Å². The van der Waals surface area contributed by atoms with Crippen LogP contribution in [0.2, 0.25) is 5.02 Å². The Hall–Kier alpha value is -2.18. The van der Waals surface area contributed by atoms with E-state index in [0.717, 1.165) is 45.2 Å². The van der Waals surface area contributed by atoms with Crippen LogP contribution in [-0.2, 0) is 19.4 Å². The van der Waals surface area contributed by atoms with Gasteiger partial charge in [-0.3, -0.25) is 0 Å². The van der Waals surface area contributed by atoms with Gasteiger partial charge >= 0.3 is 0 Å². The zero-order valence-electron chi connectivity index (χ0n) is 14.5. The Morgan fingerprint density at radius 1 is 1.23 bits per heavy atom. The lowest BCUT2D eigenvalue weighted by molar-refractivity contribution is 0.295. The number of aromatic nitrogens is 4. The number of nitrogens with zero attached hydrogens (tertiary/aromatic N) is 4. The lowest BCUT2D eigenvalue weighted by atomic mass is 10.1. The van der Waals surface area contributed by atoms with Crippen LogP contribution < -0.4 is 4.74 Å². The van der Waals surface area contributed by atoms with Crippen molar-refractivity contribution in [1.82, 2.24) is 19.6 Å². The van der Waals surface area contributed by atoms with Crippen LogP contribution in [0.4, 0.5) is 0 Å². The predicted octanol–water partition coefficient (Wildman–Crippen LogP) is 4.68. The molecule has 0 bridgehead atoms. The van der Waals surface area contributed by atoms with Gasteiger partial charge in [-0.05, 0) is 61.9 Å². The van der Waals surface area contributed by atoms with Crippen molar-refractivity contribution in [1.29, 1.82) is 0 Å². The molecule has 0 N–H and O–H groups in total. The molecule has 1 aromatic carbocycles. The molecule has 0 saturated heterocycles. The van der Waals surface area contributed by atoms with Crippen LogP contribution in [0.25, 0.3) is 15.9 Å². The van der Waals surface area contributed by atoms with Gasteiger partial charge in [-0.2, -0.15) is 0 Å². The molecule has 7 heteroatoms. The third-order valence-electron chi connectivity index (χ3n) is 4.86. The highest BCUT2D eigenvalue weighted by atomic mass is 35.5. The second-order valence-electron chi connectivity index (χ2n) is 6.74. The summed E-state index contributed by atoms with van der Waals surface area (Å²) < 4.78 is 7.68. The smallest absolute Gasteiger partial charge is 0.189 e. The van der Waals surface area contributed by atoms with Crippen molar-refractivity contribution in [3.05, 3.63) is 50.9 Å². The zero-order valence-corrected chi connectivity index (χ0v) is 16.1. The lowest BCUT2D eigenvalue weighted by Crippen LogP contribution is -1.99. The number of halogens is 1. The molecular formula is C19H17ClN4OS. The van der Waals surface area contributed by atoms with E-state index in [1.165, 1.54) is 22.2 Å². The quantitative estimate of drug-likeness (QED) is 0.514. The van der Waals surface area contributed by atoms with Crippen molar-refractivity contribution in [2.75, 3.05) is 0 Å². The van der Waals surface area contributed by atoms with Crippen molar-refractivity contribution >= 4 is 38.8 Å². The van der Waals surface area contributed by atoms with E-state index in [9.17, 15) is 0 Å². The minimum Gasteiger partial charge on any atom is -0.486 e. The van der Waals surface area contributed by atoms with Crippen molar-refractivity contribution < 1.29 is 4.74 Å². The maximum absolute atomic E-state index is 6.22. The SMILES string of the molecule is Cc1cc(OCc2nc3c4c5c(sc4ncn3n2)CCC5)cc(C)c1Cl. The van der Waals surface area contributed by atoms with Crippen LogP contribution in [0, 0.1) is 13.8 Å². The third kappa shape index (κ3) is 2.47. The minimum absolute atomic E-state index is 0.315. The summed E-state index contributed by atoms with van der Waals surface area (Å²) in [5, 5.41) is 6.49. The summed E-state index contributed by atoms with van der Waals surface area (Å²) in [4.78, 5) is 11.8. The predicted molar refractivity (Wildman–Crippen MR) is 103 cm³/mol. The molecule has 0 unspecified atom stereocenters. The highest BCUT2D eigenvalue weighted by Gasteiger charge is 2.22. The van der Waals surface area contributed by atoms with Gasteiger partial charge in [0.25, 0.3) is 0 Å². The molecule has 3 heterocycles. The average molecular weight is 385 g/mol. The number of ether oxygens (including phenoxy) is 1. The van der Waals surface area contributed by atoms with E-state index in [1.807, 2.05) is 26.0 Å². The monoisotopic (exact) mass is 384 g/mol. The Morgan fingerprint density at radius 3 is 2.85 bits per heavy atom. The van der Waals surface area contributed by atoms with Gasteiger partial charge in [0.1, 0.15) is 23.5 Å². The van der Waals surface area contributed by atoms with Crippen LogP contribution in [0.5, 0.6) is 5.75 Å². The van der Waals surface area contributed by atoms with E-state index in [-0.39, 0.29) is 0 Å². The normalized spacial score (nSPS) is 13.7. The Labute approximate surface area is 159 Å². The van der Waals surface area contributed by atoms with Crippen LogP contribution in [0.3, 0.4) is 0 Å². The Morgan fingerprint density at radius 2 is 2.04 bits per heavy atom. The topological polar surface area (TPSA) is 52.3 Å². The first-order valence-electron chi connectivity index (χ1n) is 8.64. The zero-order chi connectivity index (χ0) is 17.8. The summed E-state index contributed by atoms with van der Waals surface area (Å²) in [5.74, 6) is 1.44. The molecule has 0 aliphatic heterocycles. The number of benzene rings is 1. The third-order valence-corrected chi connectivity index (χ3v) is 6.66. The number of aryl methyl sites for hydroxylation is 4. The number of thiophene rings is 1. The van der Waals surface area contributed by atoms with Crippen LogP contribution in [0.1, 0.15) is 33.8 Å². The summed E-state index contributed by atoms with van der Waals surface area (Å²) in [6.45, 7) is 4.27. The summed E-state index contributed by atoms with van der Waals surface area (Å²) in [7, 11) is 0. The summed E-state index contributed by atoms with van der Waals surface area (Å²) in [6.07, 6.45) is 5.23. The maximum Gasteiger partial charge on any atom is 0.189 e. The van der Waals surface area contributed by atoms with Gasteiger partial charge in [-0.25, -0.2) is 14.5 Å². The highest BCUT2D eigenvalue weighted by molar-refractivity contribution is 7.19. The second-order valence-corrected chi connectivity index (χ2v) is 8.20. The number of hydrogen-bond donors (Lipinski definition) is 0. The molecule has 5 rings (SSSR count). The molecule has 0 amide bonds. The van der Waals surface area contributed by atoms with Crippen molar-refractivity contribution in [3.63, 3.8) is 0 Å². The van der Waals surface area contributed by atoms with Gasteiger partial charge in [0.2, 0.25) is 0 Å². The van der Waals surface area contributed by atoms with Gasteiger partial charge in [0.15, 0.2) is 11.5 Å². The molecular weight excluding hydrogens is 368 g/mol. The average Bonchev–Trinajstić information content (AvgIpc) is 3.30. The molecule has 0 saturated carbocycles. The molecule has 0 fully saturated rings. The number of rotatable bonds is 3. The minimum atomic E-state index is 0.315. The fraction of sp³-hybridized carbons (Fsp3) is 0.316. The van der Waals surface area contributed by atoms with Crippen LogP contribution in [-0.4, -0.2) is 19.6 Å². The molecule has 1 aliphatic rings. The number of fused-ring (bicyclic) bond motifs is 5. The number of hydrogen-bond acceptors (Lipinski definition) is 5. The molecule has 4 aromatic rings. The summed E-state index contributed by atoms with van der Waals surface area (Å²) in [5.41, 5.74) is 4.30. The lowest BCUT2D eigenvalue weighted by Gasteiger charge is -2.08. The molecule has 1 aliphatic carbocycles. The highest BCUT2D eigenvalue weighted by Crippen LogP contribution is 2.37. The van der Waals surface area contributed by atoms with E-state index >= 15 is 0 Å². The van der Waals surface area contributed by atoms with Gasteiger partial charge < -0.3 is 4.74 Å². The van der Waals surface area contributed by atoms with E-state index in [4.69, 9.17) is 21.3 Å². The van der Waals surface area contributed by atoms with Crippen LogP contribution in [0.15, 0.2) is 18.5 Å². The van der Waals surface area contributed by atoms with Gasteiger partial charge in [-0.1, -0.05) is 11.6 Å². The van der Waals surface area contributed by atoms with E-state index in [2.05, 4.69) is 10.1 Å². The fourth-order valence-corrected chi connectivity index (χ4v) is 4.97. The molecule has 0 atom stereocenters. The summed E-state index contributed by atoms with van der Waals surface area (Å²) in [6, 6.07) is 3.88. The fourth-order valence-electron chi connectivity index (χ4n) is 3.64. The van der Waals surface area contributed by atoms with E-state index in [1.54, 1.807) is 22.2 Å². The summed E-state index contributed by atoms with van der Waals surface area (Å²) >= 11 is 8.01. The Balaban J connectivity index is 1.49. The van der Waals surface area contributed by atoms with E-state index < -0.39 is 0 Å². The van der Waals surface area contributed by atoms with Gasteiger partial charge in [-0.15, -0.1) is 16.4 Å². The molecule has 0 radical (unpaired) electrons. The van der Waals surface area contributed by atoms with Crippen molar-refractivity contribution in [2.45, 2.75) is 39.7 Å². The van der Waals surface area contributed by atoms with Crippen LogP contribution >= 0.6 is 22.9 Å². The molecule has 5 nitrogen and oxygen atoms in total. The first-order chi connectivity index (χ1) is 12.6. The molecule has 0 spiro atoms. The largest absolute Gasteiger partial charge is 0.486 e. The molecule has 132 valence electrons. The Kier molecular flexibility index (Phi) is 3.65. The van der Waals surface area contributed by atoms with Gasteiger partial charge in [0, 0.05) is 9.90 Å². The molecule has 3 aromatic heterocycles. The maximum atomic E-state index is 6.22. The van der Waals surface area contributed by atoms with Crippen molar-refractivity contribution in [3.8, 4) is 5.75 Å². The van der Waals surface area contributed by atoms with Crippen molar-refractivity contribution in [2.24, 2.45) is 0 Å². The standard InChI is InChI=1S/C19H17ClN4OS/c1-10-6-12(7-11(2)17(10)20)25-8-15-22-18-16-13-4-3-5-14(13)26-19(16)21-9-24(18)23-15/h6-7,9H,3-5,8H2,1-2H3.